The Balaban J connectivity index is 1.93. The lowest BCUT2D eigenvalue weighted by Crippen LogP contribution is -2.49. The van der Waals surface area contributed by atoms with Crippen LogP contribution in [0.25, 0.3) is 0 Å². The Labute approximate surface area is 198 Å². The van der Waals surface area contributed by atoms with Gasteiger partial charge in [-0.15, -0.1) is 0 Å². The first-order valence-electron chi connectivity index (χ1n) is 12.6. The SMILES string of the molecule is CCCC(=O)C1=C(O)C(CCC2=CCC3C(C)(C)CCCC3(C)C2CO)=C(O)C(C)(C)C1=O. The lowest BCUT2D eigenvalue weighted by Gasteiger charge is -2.56. The molecule has 1 fully saturated rings. The number of ketones is 2. The highest BCUT2D eigenvalue weighted by Gasteiger charge is 2.52. The van der Waals surface area contributed by atoms with Gasteiger partial charge in [-0.05, 0) is 69.1 Å². The number of Topliss-reactive ketones (excluding diaryl/α,β-unsaturated/α-hetero) is 2. The molecular formula is C28H42O5. The van der Waals surface area contributed by atoms with Crippen molar-refractivity contribution in [2.24, 2.45) is 28.1 Å². The average molecular weight is 459 g/mol. The second kappa shape index (κ2) is 9.05. The molecule has 5 heteroatoms. The lowest BCUT2D eigenvalue weighted by molar-refractivity contribution is -0.127. The van der Waals surface area contributed by atoms with E-state index in [4.69, 9.17) is 0 Å². The van der Waals surface area contributed by atoms with Crippen LogP contribution in [0.2, 0.25) is 0 Å². The quantitative estimate of drug-likeness (QED) is 0.315. The molecule has 0 aromatic carbocycles. The summed E-state index contributed by atoms with van der Waals surface area (Å²) in [5.74, 6) is -0.880. The third-order valence-corrected chi connectivity index (χ3v) is 8.93. The van der Waals surface area contributed by atoms with E-state index in [0.717, 1.165) is 24.8 Å². The number of rotatable bonds is 7. The van der Waals surface area contributed by atoms with Crippen molar-refractivity contribution in [2.45, 2.75) is 92.9 Å². The normalized spacial score (nSPS) is 31.4. The molecule has 3 N–H and O–H groups in total. The minimum atomic E-state index is -1.25. The Morgan fingerprint density at radius 2 is 1.76 bits per heavy atom. The van der Waals surface area contributed by atoms with E-state index in [1.54, 1.807) is 13.8 Å². The number of carbonyl (C=O) groups excluding carboxylic acids is 2. The molecule has 0 radical (unpaired) electrons. The Hall–Kier alpha value is -1.88. The maximum atomic E-state index is 12.9. The van der Waals surface area contributed by atoms with Gasteiger partial charge >= 0.3 is 0 Å². The summed E-state index contributed by atoms with van der Waals surface area (Å²) >= 11 is 0. The minimum Gasteiger partial charge on any atom is -0.511 e. The molecule has 0 saturated heterocycles. The van der Waals surface area contributed by atoms with Crippen molar-refractivity contribution < 1.29 is 24.9 Å². The molecule has 3 aliphatic rings. The molecule has 3 rings (SSSR count). The Kier molecular flexibility index (Phi) is 7.06. The first kappa shape index (κ1) is 25.7. The summed E-state index contributed by atoms with van der Waals surface area (Å²) in [7, 11) is 0. The fraction of sp³-hybridized carbons (Fsp3) is 0.714. The van der Waals surface area contributed by atoms with Crippen molar-refractivity contribution in [1.29, 1.82) is 0 Å². The third-order valence-electron chi connectivity index (χ3n) is 8.93. The third kappa shape index (κ3) is 4.22. The molecule has 0 spiro atoms. The van der Waals surface area contributed by atoms with Crippen LogP contribution in [-0.2, 0) is 9.59 Å². The van der Waals surface area contributed by atoms with Crippen molar-refractivity contribution in [3.63, 3.8) is 0 Å². The van der Waals surface area contributed by atoms with E-state index in [0.29, 0.717) is 25.2 Å². The van der Waals surface area contributed by atoms with Crippen molar-refractivity contribution >= 4 is 11.6 Å². The summed E-state index contributed by atoms with van der Waals surface area (Å²) < 4.78 is 0. The monoisotopic (exact) mass is 458 g/mol. The maximum Gasteiger partial charge on any atom is 0.183 e. The van der Waals surface area contributed by atoms with Crippen molar-refractivity contribution in [3.8, 4) is 0 Å². The van der Waals surface area contributed by atoms with Crippen LogP contribution in [0.5, 0.6) is 0 Å². The molecule has 0 aromatic heterocycles. The molecule has 3 atom stereocenters. The lowest BCUT2D eigenvalue weighted by atomic mass is 9.48. The van der Waals surface area contributed by atoms with Gasteiger partial charge in [-0.3, -0.25) is 9.59 Å². The predicted octanol–water partition coefficient (Wildman–Crippen LogP) is 6.14. The summed E-state index contributed by atoms with van der Waals surface area (Å²) in [6.07, 6.45) is 8.30. The number of hydrogen-bond donors (Lipinski definition) is 3. The summed E-state index contributed by atoms with van der Waals surface area (Å²) in [6.45, 7) is 12.1. The van der Waals surface area contributed by atoms with Gasteiger partial charge in [-0.1, -0.05) is 45.8 Å². The van der Waals surface area contributed by atoms with Gasteiger partial charge in [-0.2, -0.15) is 0 Å². The van der Waals surface area contributed by atoms with Crippen LogP contribution in [0.4, 0.5) is 0 Å². The van der Waals surface area contributed by atoms with Crippen molar-refractivity contribution in [1.82, 2.24) is 0 Å². The van der Waals surface area contributed by atoms with E-state index >= 15 is 0 Å². The van der Waals surface area contributed by atoms with E-state index in [1.807, 2.05) is 6.92 Å². The van der Waals surface area contributed by atoms with Gasteiger partial charge in [0.2, 0.25) is 0 Å². The zero-order valence-electron chi connectivity index (χ0n) is 21.3. The highest BCUT2D eigenvalue weighted by atomic mass is 16.3. The highest BCUT2D eigenvalue weighted by Crippen LogP contribution is 2.60. The van der Waals surface area contributed by atoms with E-state index < -0.39 is 11.2 Å². The molecule has 3 unspecified atom stereocenters. The van der Waals surface area contributed by atoms with Crippen LogP contribution in [-0.4, -0.2) is 33.5 Å². The fourth-order valence-electron chi connectivity index (χ4n) is 6.89. The molecule has 33 heavy (non-hydrogen) atoms. The zero-order valence-corrected chi connectivity index (χ0v) is 21.3. The van der Waals surface area contributed by atoms with Crippen molar-refractivity contribution in [3.05, 3.63) is 34.3 Å². The summed E-state index contributed by atoms with van der Waals surface area (Å²) in [4.78, 5) is 25.6. The maximum absolute atomic E-state index is 12.9. The number of fused-ring (bicyclic) bond motifs is 1. The highest BCUT2D eigenvalue weighted by molar-refractivity contribution is 6.24. The molecule has 184 valence electrons. The molecule has 0 amide bonds. The minimum absolute atomic E-state index is 0.0128. The van der Waals surface area contributed by atoms with Crippen LogP contribution in [0, 0.1) is 28.1 Å². The zero-order chi connectivity index (χ0) is 24.8. The number of carbonyl (C=O) groups is 2. The Morgan fingerprint density at radius 1 is 1.09 bits per heavy atom. The van der Waals surface area contributed by atoms with Gasteiger partial charge in [0.1, 0.15) is 17.1 Å². The molecule has 5 nitrogen and oxygen atoms in total. The average Bonchev–Trinajstić information content (AvgIpc) is 2.72. The second-order valence-electron chi connectivity index (χ2n) is 11.8. The van der Waals surface area contributed by atoms with E-state index in [-0.39, 0.29) is 58.2 Å². The Morgan fingerprint density at radius 3 is 2.36 bits per heavy atom. The number of aliphatic hydroxyl groups excluding tert-OH is 3. The van der Waals surface area contributed by atoms with Crippen molar-refractivity contribution in [2.75, 3.05) is 6.61 Å². The van der Waals surface area contributed by atoms with Crippen LogP contribution < -0.4 is 0 Å². The first-order chi connectivity index (χ1) is 15.3. The van der Waals surface area contributed by atoms with Gasteiger partial charge in [0.25, 0.3) is 0 Å². The molecule has 0 heterocycles. The van der Waals surface area contributed by atoms with E-state index in [9.17, 15) is 24.9 Å². The molecular weight excluding hydrogens is 416 g/mol. The molecule has 3 aliphatic carbocycles. The molecule has 1 saturated carbocycles. The molecule has 0 aliphatic heterocycles. The number of hydrogen-bond acceptors (Lipinski definition) is 5. The van der Waals surface area contributed by atoms with E-state index in [2.05, 4.69) is 26.8 Å². The van der Waals surface area contributed by atoms with Crippen LogP contribution in [0.15, 0.2) is 34.3 Å². The summed E-state index contributed by atoms with van der Waals surface area (Å²) in [6, 6.07) is 0. The largest absolute Gasteiger partial charge is 0.511 e. The fourth-order valence-corrected chi connectivity index (χ4v) is 6.89. The smallest absolute Gasteiger partial charge is 0.183 e. The topological polar surface area (TPSA) is 94.8 Å². The number of allylic oxidation sites excluding steroid dienone is 4. The van der Waals surface area contributed by atoms with E-state index in [1.165, 1.54) is 6.42 Å². The van der Waals surface area contributed by atoms with Crippen LogP contribution in [0.3, 0.4) is 0 Å². The standard InChI is InChI=1S/C28H42O5/c1-7-9-20(30)22-23(31)18(24(32)27(4,5)25(22)33)12-10-17-11-13-21-26(2,3)14-8-15-28(21,6)19(17)16-29/h11,19,21,29,31-32H,7-10,12-16H2,1-6H3. The Bertz CT molecular complexity index is 917. The summed E-state index contributed by atoms with van der Waals surface area (Å²) in [5, 5.41) is 32.2. The van der Waals surface area contributed by atoms with Crippen LogP contribution >= 0.6 is 0 Å². The van der Waals surface area contributed by atoms with Gasteiger partial charge in [0, 0.05) is 17.9 Å². The molecule has 0 aromatic rings. The first-order valence-corrected chi connectivity index (χ1v) is 12.6. The van der Waals surface area contributed by atoms with Gasteiger partial charge in [0.05, 0.1) is 12.0 Å². The second-order valence-corrected chi connectivity index (χ2v) is 11.8. The van der Waals surface area contributed by atoms with Gasteiger partial charge in [0.15, 0.2) is 11.6 Å². The van der Waals surface area contributed by atoms with Crippen LogP contribution in [0.1, 0.15) is 92.9 Å². The predicted molar refractivity (Wildman–Crippen MR) is 130 cm³/mol. The number of aliphatic hydroxyl groups is 3. The summed E-state index contributed by atoms with van der Waals surface area (Å²) in [5.41, 5.74) is 0.256. The van der Waals surface area contributed by atoms with Gasteiger partial charge < -0.3 is 15.3 Å². The molecule has 0 bridgehead atoms. The van der Waals surface area contributed by atoms with Gasteiger partial charge in [-0.25, -0.2) is 0 Å².